The van der Waals surface area contributed by atoms with Gasteiger partial charge in [-0.3, -0.25) is 14.5 Å². The molecule has 4 N–H and O–H groups in total. The van der Waals surface area contributed by atoms with E-state index in [4.69, 9.17) is 4.74 Å². The van der Waals surface area contributed by atoms with Crippen molar-refractivity contribution in [2.24, 2.45) is 0 Å². The number of β-amino-alcohol motifs (C(OH)–C–C–N with tert-alkyl or cyclic N) is 1. The number of carbonyl (C=O) groups excluding carboxylic acids is 3. The van der Waals surface area contributed by atoms with Crippen LogP contribution in [-0.4, -0.2) is 52.5 Å². The summed E-state index contributed by atoms with van der Waals surface area (Å²) in [6.45, 7) is 5.60. The molecule has 1 fully saturated rings. The number of hydrogen-bond donors (Lipinski definition) is 4. The number of ether oxygens (including phenoxy) is 1. The van der Waals surface area contributed by atoms with E-state index in [2.05, 4.69) is 27.5 Å². The third-order valence-corrected chi connectivity index (χ3v) is 8.21. The number of amides is 3. The van der Waals surface area contributed by atoms with Crippen LogP contribution in [0.5, 0.6) is 11.5 Å². The molecule has 2 aliphatic rings. The van der Waals surface area contributed by atoms with E-state index in [1.54, 1.807) is 23.2 Å². The predicted molar refractivity (Wildman–Crippen MR) is 153 cm³/mol. The predicted octanol–water partition coefficient (Wildman–Crippen LogP) is 4.27. The Kier molecular flexibility index (Phi) is 6.34. The van der Waals surface area contributed by atoms with Gasteiger partial charge in [0.05, 0.1) is 28.6 Å². The van der Waals surface area contributed by atoms with E-state index >= 15 is 0 Å². The summed E-state index contributed by atoms with van der Waals surface area (Å²) < 4.78 is 5.94. The number of hydrogen-bond acceptors (Lipinski definition) is 8. The van der Waals surface area contributed by atoms with Crippen LogP contribution in [0.3, 0.4) is 0 Å². The van der Waals surface area contributed by atoms with Gasteiger partial charge >= 0.3 is 6.03 Å². The molecule has 202 valence electrons. The molecule has 11 heteroatoms. The van der Waals surface area contributed by atoms with E-state index in [0.29, 0.717) is 38.8 Å². The van der Waals surface area contributed by atoms with E-state index in [1.807, 2.05) is 49.4 Å². The van der Waals surface area contributed by atoms with Crippen molar-refractivity contribution in [3.63, 3.8) is 0 Å². The van der Waals surface area contributed by atoms with Crippen LogP contribution in [0.4, 0.5) is 21.9 Å². The monoisotopic (exact) mass is 555 g/mol. The summed E-state index contributed by atoms with van der Waals surface area (Å²) in [5.41, 5.74) is 0.772. The Labute approximate surface area is 233 Å². The summed E-state index contributed by atoms with van der Waals surface area (Å²) in [5.74, 6) is 0.227. The minimum absolute atomic E-state index is 0.0535. The van der Waals surface area contributed by atoms with Crippen molar-refractivity contribution in [2.75, 3.05) is 23.3 Å². The maximum Gasteiger partial charge on any atom is 0.331 e. The molecule has 0 bridgehead atoms. The number of anilines is 3. The van der Waals surface area contributed by atoms with Gasteiger partial charge in [-0.15, -0.1) is 11.3 Å². The van der Waals surface area contributed by atoms with Crippen LogP contribution in [0.25, 0.3) is 10.2 Å². The van der Waals surface area contributed by atoms with E-state index < -0.39 is 29.4 Å². The second kappa shape index (κ2) is 9.87. The molecule has 3 amide bonds. The lowest BCUT2D eigenvalue weighted by molar-refractivity contribution is -0.122. The molecule has 0 saturated carbocycles. The van der Waals surface area contributed by atoms with Gasteiger partial charge in [0.25, 0.3) is 5.91 Å². The van der Waals surface area contributed by atoms with Crippen molar-refractivity contribution in [3.05, 3.63) is 83.9 Å². The molecule has 0 unspecified atom stereocenters. The fourth-order valence-electron chi connectivity index (χ4n) is 5.13. The first-order valence-electron chi connectivity index (χ1n) is 12.6. The molecule has 10 nitrogen and oxygen atoms in total. The fourth-order valence-corrected chi connectivity index (χ4v) is 6.14. The van der Waals surface area contributed by atoms with Crippen LogP contribution in [0.2, 0.25) is 0 Å². The molecule has 0 aliphatic carbocycles. The number of thiophene rings is 1. The molecule has 4 aromatic rings. The van der Waals surface area contributed by atoms with Gasteiger partial charge in [-0.25, -0.2) is 9.78 Å². The summed E-state index contributed by atoms with van der Waals surface area (Å²) in [4.78, 5) is 46.4. The Morgan fingerprint density at radius 1 is 1.20 bits per heavy atom. The van der Waals surface area contributed by atoms with Crippen LogP contribution in [0, 0.1) is 6.92 Å². The Morgan fingerprint density at radius 3 is 2.70 bits per heavy atom. The molecular formula is C29H25N5O5S. The topological polar surface area (TPSA) is 133 Å². The zero-order valence-corrected chi connectivity index (χ0v) is 22.2. The maximum absolute atomic E-state index is 13.5. The minimum Gasteiger partial charge on any atom is -0.457 e. The molecule has 2 aliphatic heterocycles. The number of para-hydroxylation sites is 1. The molecule has 40 heavy (non-hydrogen) atoms. The number of carbonyl (C=O) groups is 3. The Hall–Kier alpha value is -4.58. The van der Waals surface area contributed by atoms with Crippen molar-refractivity contribution in [3.8, 4) is 11.5 Å². The Balaban J connectivity index is 1.36. The lowest BCUT2D eigenvalue weighted by Gasteiger charge is -2.31. The maximum atomic E-state index is 13.5. The molecule has 1 saturated heterocycles. The SMILES string of the molecule is C=CC(=O)[C@]1(NC(=O)c2sc3nccc4c3c2NC(=O)N4c2ccc(Oc3ccccc3)cc2C)CNC[C@@H]1O. The second-order valence-corrected chi connectivity index (χ2v) is 10.6. The molecule has 2 aromatic heterocycles. The number of benzene rings is 2. The summed E-state index contributed by atoms with van der Waals surface area (Å²) in [7, 11) is 0. The first-order chi connectivity index (χ1) is 19.3. The number of pyridine rings is 1. The van der Waals surface area contributed by atoms with Crippen LogP contribution in [-0.2, 0) is 4.79 Å². The van der Waals surface area contributed by atoms with E-state index in [1.165, 1.54) is 0 Å². The van der Waals surface area contributed by atoms with Gasteiger partial charge in [-0.05, 0) is 55.0 Å². The average molecular weight is 556 g/mol. The largest absolute Gasteiger partial charge is 0.457 e. The average Bonchev–Trinajstić information content (AvgIpc) is 3.51. The quantitative estimate of drug-likeness (QED) is 0.250. The fraction of sp³-hybridized carbons (Fsp3) is 0.172. The zero-order chi connectivity index (χ0) is 28.0. The molecule has 0 spiro atoms. The minimum atomic E-state index is -1.55. The van der Waals surface area contributed by atoms with Crippen molar-refractivity contribution < 1.29 is 24.2 Å². The molecule has 2 aromatic carbocycles. The number of aliphatic hydroxyl groups is 1. The van der Waals surface area contributed by atoms with E-state index in [0.717, 1.165) is 23.0 Å². The van der Waals surface area contributed by atoms with Crippen molar-refractivity contribution >= 4 is 56.3 Å². The van der Waals surface area contributed by atoms with E-state index in [-0.39, 0.29) is 18.0 Å². The highest BCUT2D eigenvalue weighted by Crippen LogP contribution is 2.46. The first kappa shape index (κ1) is 25.7. The Morgan fingerprint density at radius 2 is 2.00 bits per heavy atom. The number of nitrogens with one attached hydrogen (secondary N) is 3. The number of aliphatic hydroxyl groups excluding tert-OH is 1. The molecule has 2 atom stereocenters. The normalized spacial score (nSPS) is 19.8. The second-order valence-electron chi connectivity index (χ2n) is 9.59. The van der Waals surface area contributed by atoms with Crippen LogP contribution >= 0.6 is 11.3 Å². The summed E-state index contributed by atoms with van der Waals surface area (Å²) in [6.07, 6.45) is 1.53. The number of urea groups is 1. The lowest BCUT2D eigenvalue weighted by atomic mass is 9.90. The molecular weight excluding hydrogens is 530 g/mol. The first-order valence-corrected chi connectivity index (χ1v) is 13.4. The van der Waals surface area contributed by atoms with Crippen LogP contribution in [0.1, 0.15) is 15.2 Å². The van der Waals surface area contributed by atoms with Gasteiger partial charge in [0, 0.05) is 19.3 Å². The van der Waals surface area contributed by atoms with Crippen LogP contribution in [0.15, 0.2) is 73.4 Å². The van der Waals surface area contributed by atoms with Crippen molar-refractivity contribution in [1.82, 2.24) is 15.6 Å². The molecule has 0 radical (unpaired) electrons. The molecule has 6 rings (SSSR count). The van der Waals surface area contributed by atoms with Gasteiger partial charge in [-0.1, -0.05) is 24.8 Å². The van der Waals surface area contributed by atoms with Crippen molar-refractivity contribution in [1.29, 1.82) is 0 Å². The number of ketones is 1. The van der Waals surface area contributed by atoms with E-state index in [9.17, 15) is 19.5 Å². The van der Waals surface area contributed by atoms with Gasteiger partial charge in [0.1, 0.15) is 26.7 Å². The zero-order valence-electron chi connectivity index (χ0n) is 21.4. The standard InChI is InChI=1S/C29H25N5O5S/c1-3-21(35)29(15-30-14-22(29)36)33-26(37)25-24-23-20(11-12-31-27(23)40-25)34(28(38)32-24)19-10-9-18(13-16(19)2)39-17-7-5-4-6-8-17/h3-13,22,30,36H,1,14-15H2,2H3,(H,32,38)(H,33,37)/t22-,29+/m0/s1. The summed E-state index contributed by atoms with van der Waals surface area (Å²) >= 11 is 1.10. The number of rotatable bonds is 7. The highest BCUT2D eigenvalue weighted by atomic mass is 32.1. The van der Waals surface area contributed by atoms with Gasteiger partial charge < -0.3 is 25.8 Å². The molecule has 4 heterocycles. The summed E-state index contributed by atoms with van der Waals surface area (Å²) in [5, 5.41) is 19.7. The van der Waals surface area contributed by atoms with Crippen LogP contribution < -0.4 is 25.6 Å². The van der Waals surface area contributed by atoms with Gasteiger partial charge in [0.15, 0.2) is 5.78 Å². The highest BCUT2D eigenvalue weighted by molar-refractivity contribution is 7.21. The number of nitrogens with zero attached hydrogens (tertiary/aromatic N) is 2. The Bertz CT molecular complexity index is 1690. The number of aryl methyl sites for hydroxylation is 1. The number of aromatic nitrogens is 1. The summed E-state index contributed by atoms with van der Waals surface area (Å²) in [6, 6.07) is 16.1. The third kappa shape index (κ3) is 4.11. The van der Waals surface area contributed by atoms with Gasteiger partial charge in [-0.2, -0.15) is 0 Å². The third-order valence-electron chi connectivity index (χ3n) is 7.11. The van der Waals surface area contributed by atoms with Gasteiger partial charge in [0.2, 0.25) is 0 Å². The highest BCUT2D eigenvalue weighted by Gasteiger charge is 2.49. The smallest absolute Gasteiger partial charge is 0.331 e. The lowest BCUT2D eigenvalue weighted by Crippen LogP contribution is -2.61. The van der Waals surface area contributed by atoms with Crippen molar-refractivity contribution in [2.45, 2.75) is 18.6 Å².